The molecule has 2 amide bonds. The predicted octanol–water partition coefficient (Wildman–Crippen LogP) is 6.03. The molecule has 3 aliphatic rings. The molecule has 0 saturated heterocycles. The zero-order valence-corrected chi connectivity index (χ0v) is 20.3. The molecule has 3 rings (SSSR count). The highest BCUT2D eigenvalue weighted by atomic mass is 19.4. The van der Waals surface area contributed by atoms with Crippen LogP contribution in [-0.2, 0) is 9.59 Å². The first kappa shape index (κ1) is 28.5. The Hall–Kier alpha value is -2.57. The Kier molecular flexibility index (Phi) is 11.4. The van der Waals surface area contributed by atoms with Gasteiger partial charge in [-0.3, -0.25) is 9.59 Å². The summed E-state index contributed by atoms with van der Waals surface area (Å²) in [5.41, 5.74) is 7.15. The van der Waals surface area contributed by atoms with E-state index in [1.807, 2.05) is 39.8 Å². The molecule has 2 unspecified atom stereocenters. The van der Waals surface area contributed by atoms with E-state index in [0.29, 0.717) is 24.1 Å². The molecule has 0 aromatic heterocycles. The number of hydrogen-bond acceptors (Lipinski definition) is 2. The monoisotopic (exact) mass is 466 g/mol. The third-order valence-electron chi connectivity index (χ3n) is 5.62. The first-order valence-electron chi connectivity index (χ1n) is 11.8. The van der Waals surface area contributed by atoms with E-state index in [-0.39, 0.29) is 18.4 Å². The molecule has 2 atom stereocenters. The van der Waals surface area contributed by atoms with Crippen LogP contribution in [-0.4, -0.2) is 35.5 Å². The fraction of sp³-hybridized carbons (Fsp3) is 0.538. The first-order chi connectivity index (χ1) is 15.7. The summed E-state index contributed by atoms with van der Waals surface area (Å²) in [6.07, 6.45) is 10.0. The number of allylic oxidation sites excluding steroid dienone is 5. The van der Waals surface area contributed by atoms with Gasteiger partial charge in [-0.1, -0.05) is 77.2 Å². The minimum Gasteiger partial charge on any atom is -0.366 e. The second-order valence-electron chi connectivity index (χ2n) is 7.82. The van der Waals surface area contributed by atoms with Crippen molar-refractivity contribution in [2.45, 2.75) is 72.5 Å². The summed E-state index contributed by atoms with van der Waals surface area (Å²) in [6, 6.07) is 0.140. The molecule has 1 fully saturated rings. The van der Waals surface area contributed by atoms with Crippen LogP contribution >= 0.6 is 0 Å². The second-order valence-corrected chi connectivity index (χ2v) is 7.82. The zero-order valence-electron chi connectivity index (χ0n) is 20.3. The van der Waals surface area contributed by atoms with Crippen molar-refractivity contribution in [3.8, 4) is 0 Å². The normalized spacial score (nSPS) is 20.5. The van der Waals surface area contributed by atoms with Crippen LogP contribution in [0.5, 0.6) is 0 Å². The highest BCUT2D eigenvalue weighted by Crippen LogP contribution is 2.37. The van der Waals surface area contributed by atoms with E-state index in [1.54, 1.807) is 23.1 Å². The first-order valence-corrected chi connectivity index (χ1v) is 11.8. The summed E-state index contributed by atoms with van der Waals surface area (Å²) >= 11 is 0. The molecular formula is C26H37F3N2O2. The van der Waals surface area contributed by atoms with Crippen molar-refractivity contribution in [1.29, 1.82) is 0 Å². The second kappa shape index (κ2) is 13.2. The minimum absolute atomic E-state index is 0.140. The maximum Gasteiger partial charge on any atom is 0.392 e. The third kappa shape index (κ3) is 8.37. The van der Waals surface area contributed by atoms with E-state index in [0.717, 1.165) is 18.4 Å². The van der Waals surface area contributed by atoms with E-state index in [4.69, 9.17) is 5.73 Å². The van der Waals surface area contributed by atoms with E-state index >= 15 is 0 Å². The molecule has 0 heterocycles. The molecule has 3 aliphatic carbocycles. The maximum absolute atomic E-state index is 13.0. The van der Waals surface area contributed by atoms with Gasteiger partial charge in [-0.05, 0) is 37.2 Å². The SMILES string of the molecule is CC.CC.CC(C1C=CC(C(=O)N(CC2=CC=C(C(N)=O)CC=C2)C2CC2)=CC1)C(F)(F)F. The van der Waals surface area contributed by atoms with E-state index in [1.165, 1.54) is 19.1 Å². The van der Waals surface area contributed by atoms with Gasteiger partial charge in [0.05, 0.1) is 5.92 Å². The lowest BCUT2D eigenvalue weighted by Gasteiger charge is -2.27. The lowest BCUT2D eigenvalue weighted by molar-refractivity contribution is -0.178. The number of nitrogens with zero attached hydrogens (tertiary/aromatic N) is 1. The van der Waals surface area contributed by atoms with Crippen LogP contribution in [0.2, 0.25) is 0 Å². The molecule has 33 heavy (non-hydrogen) atoms. The van der Waals surface area contributed by atoms with Crippen LogP contribution in [0.1, 0.15) is 60.3 Å². The molecule has 0 aliphatic heterocycles. The average molecular weight is 467 g/mol. The summed E-state index contributed by atoms with van der Waals surface area (Å²) in [4.78, 5) is 26.1. The fourth-order valence-electron chi connectivity index (χ4n) is 3.48. The van der Waals surface area contributed by atoms with Crippen LogP contribution in [0.25, 0.3) is 0 Å². The van der Waals surface area contributed by atoms with Crippen LogP contribution < -0.4 is 5.73 Å². The predicted molar refractivity (Wildman–Crippen MR) is 127 cm³/mol. The van der Waals surface area contributed by atoms with Gasteiger partial charge >= 0.3 is 6.18 Å². The highest BCUT2D eigenvalue weighted by Gasteiger charge is 2.41. The Labute approximate surface area is 195 Å². The molecular weight excluding hydrogens is 429 g/mol. The lowest BCUT2D eigenvalue weighted by atomic mass is 9.86. The van der Waals surface area contributed by atoms with Crippen molar-refractivity contribution in [3.63, 3.8) is 0 Å². The van der Waals surface area contributed by atoms with Crippen molar-refractivity contribution in [3.05, 3.63) is 59.3 Å². The number of primary amides is 1. The van der Waals surface area contributed by atoms with Crippen LogP contribution in [0.3, 0.4) is 0 Å². The summed E-state index contributed by atoms with van der Waals surface area (Å²) in [5.74, 6) is -2.73. The Morgan fingerprint density at radius 1 is 1.12 bits per heavy atom. The maximum atomic E-state index is 13.0. The molecule has 0 aromatic carbocycles. The van der Waals surface area contributed by atoms with Crippen molar-refractivity contribution in [2.24, 2.45) is 17.6 Å². The lowest BCUT2D eigenvalue weighted by Crippen LogP contribution is -2.36. The standard InChI is InChI=1S/C22H25F3N2O2.2C2H6/c1-14(22(23,24)25)16-7-9-18(10-8-16)21(29)27(19-11-12-19)13-15-3-2-4-17(6-5-15)20(26)28;2*1-2/h2-3,5-7,9-10,14,16,19H,4,8,11-13H2,1H3,(H2,26,28);2*1-2H3. The topological polar surface area (TPSA) is 63.4 Å². The van der Waals surface area contributed by atoms with Gasteiger partial charge in [0, 0.05) is 23.7 Å². The summed E-state index contributed by atoms with van der Waals surface area (Å²) in [6.45, 7) is 9.56. The van der Waals surface area contributed by atoms with Crippen molar-refractivity contribution < 1.29 is 22.8 Å². The van der Waals surface area contributed by atoms with E-state index in [2.05, 4.69) is 0 Å². The van der Waals surface area contributed by atoms with Crippen LogP contribution in [0.4, 0.5) is 13.2 Å². The minimum atomic E-state index is -4.25. The molecule has 0 radical (unpaired) electrons. The van der Waals surface area contributed by atoms with Crippen LogP contribution in [0, 0.1) is 11.8 Å². The number of amides is 2. The number of hydrogen-bond donors (Lipinski definition) is 1. The molecule has 0 spiro atoms. The molecule has 7 heteroatoms. The van der Waals surface area contributed by atoms with Gasteiger partial charge in [0.1, 0.15) is 0 Å². The Bertz CT molecular complexity index is 831. The quantitative estimate of drug-likeness (QED) is 0.520. The number of halogens is 3. The van der Waals surface area contributed by atoms with Crippen molar-refractivity contribution in [1.82, 2.24) is 4.90 Å². The number of rotatable bonds is 6. The number of nitrogens with two attached hydrogens (primary N) is 1. The summed E-state index contributed by atoms with van der Waals surface area (Å²) in [7, 11) is 0. The molecule has 184 valence electrons. The Morgan fingerprint density at radius 3 is 2.24 bits per heavy atom. The van der Waals surface area contributed by atoms with Crippen molar-refractivity contribution >= 4 is 11.8 Å². The third-order valence-corrected chi connectivity index (χ3v) is 5.62. The van der Waals surface area contributed by atoms with E-state index < -0.39 is 23.9 Å². The summed E-state index contributed by atoms with van der Waals surface area (Å²) in [5, 5.41) is 0. The summed E-state index contributed by atoms with van der Waals surface area (Å²) < 4.78 is 38.8. The van der Waals surface area contributed by atoms with Crippen LogP contribution in [0.15, 0.2) is 59.3 Å². The zero-order chi connectivity index (χ0) is 25.2. The number of carbonyl (C=O) groups excluding carboxylic acids is 2. The van der Waals surface area contributed by atoms with Gasteiger partial charge in [-0.25, -0.2) is 0 Å². The molecule has 1 saturated carbocycles. The average Bonchev–Trinajstić information content (AvgIpc) is 3.66. The Balaban J connectivity index is 0.00000129. The number of alkyl halides is 3. The molecule has 2 N–H and O–H groups in total. The molecule has 0 bridgehead atoms. The largest absolute Gasteiger partial charge is 0.392 e. The smallest absolute Gasteiger partial charge is 0.366 e. The number of carbonyl (C=O) groups is 2. The van der Waals surface area contributed by atoms with Gasteiger partial charge in [0.2, 0.25) is 5.91 Å². The van der Waals surface area contributed by atoms with E-state index in [9.17, 15) is 22.8 Å². The van der Waals surface area contributed by atoms with Crippen molar-refractivity contribution in [2.75, 3.05) is 6.54 Å². The van der Waals surface area contributed by atoms with Gasteiger partial charge in [0.25, 0.3) is 5.91 Å². The molecule has 4 nitrogen and oxygen atoms in total. The van der Waals surface area contributed by atoms with Gasteiger partial charge in [-0.2, -0.15) is 13.2 Å². The van der Waals surface area contributed by atoms with Gasteiger partial charge in [-0.15, -0.1) is 0 Å². The molecule has 0 aromatic rings. The van der Waals surface area contributed by atoms with Gasteiger partial charge < -0.3 is 10.6 Å². The Morgan fingerprint density at radius 2 is 1.76 bits per heavy atom. The highest BCUT2D eigenvalue weighted by molar-refractivity contribution is 5.97. The van der Waals surface area contributed by atoms with Gasteiger partial charge in [0.15, 0.2) is 0 Å². The fourth-order valence-corrected chi connectivity index (χ4v) is 3.48.